The first kappa shape index (κ1) is 15.3. The smallest absolute Gasteiger partial charge is 0.264 e. The van der Waals surface area contributed by atoms with E-state index in [0.29, 0.717) is 21.9 Å². The molecule has 0 fully saturated rings. The van der Waals surface area contributed by atoms with Crippen LogP contribution in [0.25, 0.3) is 21.2 Å². The zero-order chi connectivity index (χ0) is 17.4. The molecule has 0 aliphatic carbocycles. The Morgan fingerprint density at radius 1 is 1.24 bits per heavy atom. The van der Waals surface area contributed by atoms with Gasteiger partial charge in [0.15, 0.2) is 5.13 Å². The van der Waals surface area contributed by atoms with Crippen molar-refractivity contribution in [1.82, 2.24) is 4.98 Å². The van der Waals surface area contributed by atoms with Crippen LogP contribution in [0.15, 0.2) is 57.9 Å². The SMILES string of the molecule is COc1ccc2nc(NC(=O)c3coc4ccccc4c3=O)sc2c1. The Morgan fingerprint density at radius 2 is 2.08 bits per heavy atom. The summed E-state index contributed by atoms with van der Waals surface area (Å²) < 4.78 is 11.4. The fourth-order valence-electron chi connectivity index (χ4n) is 2.48. The van der Waals surface area contributed by atoms with E-state index in [1.807, 2.05) is 12.1 Å². The molecule has 0 bridgehead atoms. The Labute approximate surface area is 145 Å². The van der Waals surface area contributed by atoms with Crippen molar-refractivity contribution in [2.24, 2.45) is 0 Å². The number of carbonyl (C=O) groups excluding carboxylic acids is 1. The lowest BCUT2D eigenvalue weighted by molar-refractivity contribution is 0.102. The lowest BCUT2D eigenvalue weighted by atomic mass is 10.1. The summed E-state index contributed by atoms with van der Waals surface area (Å²) in [6, 6.07) is 12.2. The maximum absolute atomic E-state index is 12.5. The van der Waals surface area contributed by atoms with Crippen LogP contribution in [0.3, 0.4) is 0 Å². The molecule has 6 nitrogen and oxygen atoms in total. The average molecular weight is 352 g/mol. The summed E-state index contributed by atoms with van der Waals surface area (Å²) in [4.78, 5) is 29.3. The highest BCUT2D eigenvalue weighted by atomic mass is 32.1. The topological polar surface area (TPSA) is 81.4 Å². The zero-order valence-electron chi connectivity index (χ0n) is 13.1. The van der Waals surface area contributed by atoms with Crippen LogP contribution >= 0.6 is 11.3 Å². The highest BCUT2D eigenvalue weighted by Crippen LogP contribution is 2.29. The molecule has 0 aliphatic rings. The van der Waals surface area contributed by atoms with Crippen molar-refractivity contribution >= 4 is 43.6 Å². The largest absolute Gasteiger partial charge is 0.497 e. The maximum Gasteiger partial charge on any atom is 0.264 e. The summed E-state index contributed by atoms with van der Waals surface area (Å²) in [5.41, 5.74) is 0.750. The standard InChI is InChI=1S/C18H12N2O4S/c1-23-10-6-7-13-15(8-10)25-18(19-13)20-17(22)12-9-24-14-5-3-2-4-11(14)16(12)21/h2-9H,1H3,(H,19,20,22). The van der Waals surface area contributed by atoms with Crippen LogP contribution in [0, 0.1) is 0 Å². The number of ether oxygens (including phenoxy) is 1. The molecular weight excluding hydrogens is 340 g/mol. The van der Waals surface area contributed by atoms with Crippen molar-refractivity contribution in [2.45, 2.75) is 0 Å². The Morgan fingerprint density at radius 3 is 2.92 bits per heavy atom. The highest BCUT2D eigenvalue weighted by molar-refractivity contribution is 7.22. The summed E-state index contributed by atoms with van der Waals surface area (Å²) >= 11 is 1.30. The van der Waals surface area contributed by atoms with Gasteiger partial charge in [-0.25, -0.2) is 4.98 Å². The van der Waals surface area contributed by atoms with Gasteiger partial charge in [-0.3, -0.25) is 14.9 Å². The van der Waals surface area contributed by atoms with Gasteiger partial charge in [0.2, 0.25) is 5.43 Å². The molecule has 1 N–H and O–H groups in total. The van der Waals surface area contributed by atoms with Gasteiger partial charge in [-0.05, 0) is 30.3 Å². The fraction of sp³-hybridized carbons (Fsp3) is 0.0556. The molecule has 4 rings (SSSR count). The van der Waals surface area contributed by atoms with E-state index in [1.54, 1.807) is 37.4 Å². The van der Waals surface area contributed by atoms with Gasteiger partial charge in [-0.1, -0.05) is 23.5 Å². The number of hydrogen-bond acceptors (Lipinski definition) is 6. The predicted octanol–water partition coefficient (Wildman–Crippen LogP) is 3.66. The van der Waals surface area contributed by atoms with Crippen molar-refractivity contribution in [3.05, 3.63) is 64.5 Å². The van der Waals surface area contributed by atoms with E-state index >= 15 is 0 Å². The number of fused-ring (bicyclic) bond motifs is 2. The van der Waals surface area contributed by atoms with Crippen LogP contribution in [0.2, 0.25) is 0 Å². The summed E-state index contributed by atoms with van der Waals surface area (Å²) in [7, 11) is 1.59. The minimum atomic E-state index is -0.550. The highest BCUT2D eigenvalue weighted by Gasteiger charge is 2.16. The molecule has 124 valence electrons. The molecule has 0 unspecified atom stereocenters. The number of rotatable bonds is 3. The number of anilines is 1. The van der Waals surface area contributed by atoms with E-state index in [-0.39, 0.29) is 11.0 Å². The summed E-state index contributed by atoms with van der Waals surface area (Å²) in [6.07, 6.45) is 1.18. The minimum absolute atomic E-state index is 0.0597. The van der Waals surface area contributed by atoms with Crippen LogP contribution in [0.5, 0.6) is 5.75 Å². The Hall–Kier alpha value is -3.19. The van der Waals surface area contributed by atoms with Crippen LogP contribution in [-0.2, 0) is 0 Å². The number of para-hydroxylation sites is 1. The lowest BCUT2D eigenvalue weighted by Gasteiger charge is -2.02. The van der Waals surface area contributed by atoms with Crippen molar-refractivity contribution in [3.63, 3.8) is 0 Å². The van der Waals surface area contributed by atoms with Crippen molar-refractivity contribution < 1.29 is 13.9 Å². The molecule has 7 heteroatoms. The number of benzene rings is 2. The average Bonchev–Trinajstić information content (AvgIpc) is 3.03. The van der Waals surface area contributed by atoms with Gasteiger partial charge in [-0.15, -0.1) is 0 Å². The molecule has 0 aliphatic heterocycles. The monoisotopic (exact) mass is 352 g/mol. The summed E-state index contributed by atoms with van der Waals surface area (Å²) in [5.74, 6) is 0.162. The number of thiazole rings is 1. The molecular formula is C18H12N2O4S. The quantitative estimate of drug-likeness (QED) is 0.608. The second-order valence-electron chi connectivity index (χ2n) is 5.28. The molecule has 2 aromatic heterocycles. The number of aromatic nitrogens is 1. The molecule has 0 radical (unpaired) electrons. The lowest BCUT2D eigenvalue weighted by Crippen LogP contribution is -2.21. The van der Waals surface area contributed by atoms with Gasteiger partial charge in [0, 0.05) is 0 Å². The van der Waals surface area contributed by atoms with Gasteiger partial charge >= 0.3 is 0 Å². The van der Waals surface area contributed by atoms with Crippen molar-refractivity contribution in [2.75, 3.05) is 12.4 Å². The summed E-state index contributed by atoms with van der Waals surface area (Å²) in [6.45, 7) is 0. The number of amides is 1. The molecule has 0 spiro atoms. The van der Waals surface area contributed by atoms with Crippen molar-refractivity contribution in [1.29, 1.82) is 0 Å². The maximum atomic E-state index is 12.5. The Bertz CT molecular complexity index is 1160. The van der Waals surface area contributed by atoms with E-state index < -0.39 is 5.91 Å². The number of hydrogen-bond donors (Lipinski definition) is 1. The Kier molecular flexibility index (Phi) is 3.70. The number of nitrogens with zero attached hydrogens (tertiary/aromatic N) is 1. The third-order valence-corrected chi connectivity index (χ3v) is 4.67. The molecule has 2 aromatic carbocycles. The minimum Gasteiger partial charge on any atom is -0.497 e. The first-order valence-corrected chi connectivity index (χ1v) is 8.24. The van der Waals surface area contributed by atoms with Crippen LogP contribution in [-0.4, -0.2) is 18.0 Å². The molecule has 2 heterocycles. The van der Waals surface area contributed by atoms with E-state index in [1.165, 1.54) is 17.6 Å². The van der Waals surface area contributed by atoms with Crippen molar-refractivity contribution in [3.8, 4) is 5.75 Å². The molecule has 0 saturated carbocycles. The normalized spacial score (nSPS) is 10.9. The molecule has 0 saturated heterocycles. The number of carbonyl (C=O) groups is 1. The third kappa shape index (κ3) is 2.74. The zero-order valence-corrected chi connectivity index (χ0v) is 13.9. The van der Waals surface area contributed by atoms with Crippen LogP contribution < -0.4 is 15.5 Å². The predicted molar refractivity (Wildman–Crippen MR) is 96.6 cm³/mol. The second kappa shape index (κ2) is 6.03. The van der Waals surface area contributed by atoms with Gasteiger partial charge in [0.05, 0.1) is 22.7 Å². The molecule has 25 heavy (non-hydrogen) atoms. The van der Waals surface area contributed by atoms with E-state index in [0.717, 1.165) is 10.2 Å². The molecule has 1 amide bonds. The Balaban J connectivity index is 1.68. The van der Waals surface area contributed by atoms with E-state index in [2.05, 4.69) is 10.3 Å². The first-order chi connectivity index (χ1) is 12.2. The number of methoxy groups -OCH3 is 1. The van der Waals surface area contributed by atoms with Crippen LogP contribution in [0.4, 0.5) is 5.13 Å². The van der Waals surface area contributed by atoms with Crippen LogP contribution in [0.1, 0.15) is 10.4 Å². The number of nitrogens with one attached hydrogen (secondary N) is 1. The molecule has 4 aromatic rings. The fourth-order valence-corrected chi connectivity index (χ4v) is 3.37. The van der Waals surface area contributed by atoms with E-state index in [9.17, 15) is 9.59 Å². The van der Waals surface area contributed by atoms with Gasteiger partial charge in [0.25, 0.3) is 5.91 Å². The summed E-state index contributed by atoms with van der Waals surface area (Å²) in [5, 5.41) is 3.43. The second-order valence-corrected chi connectivity index (χ2v) is 6.31. The van der Waals surface area contributed by atoms with Gasteiger partial charge < -0.3 is 9.15 Å². The third-order valence-electron chi connectivity index (χ3n) is 3.74. The molecule has 0 atom stereocenters. The van der Waals surface area contributed by atoms with Gasteiger partial charge in [-0.2, -0.15) is 0 Å². The first-order valence-electron chi connectivity index (χ1n) is 7.42. The van der Waals surface area contributed by atoms with E-state index in [4.69, 9.17) is 9.15 Å². The van der Waals surface area contributed by atoms with Gasteiger partial charge in [0.1, 0.15) is 23.2 Å².